The van der Waals surface area contributed by atoms with E-state index in [1.165, 1.54) is 6.42 Å². The first-order chi connectivity index (χ1) is 18.5. The van der Waals surface area contributed by atoms with Crippen molar-refractivity contribution in [2.75, 3.05) is 49.5 Å². The molecular weight excluding hydrogens is 478 g/mol. The Kier molecular flexibility index (Phi) is 7.45. The molecule has 1 fully saturated rings. The van der Waals surface area contributed by atoms with Crippen LogP contribution in [0.1, 0.15) is 36.1 Å². The number of hydrogen-bond acceptors (Lipinski definition) is 7. The highest BCUT2D eigenvalue weighted by Crippen LogP contribution is 2.30. The largest absolute Gasteiger partial charge is 0.387 e. The standard InChI is InChI=1S/C29H33N7O2/c1-3-9-35-10-12-36(13-11-35)22-14-19(2)27-24(16-22)33-28(34-27)26-23(7-8-31-29(26)38)32-18-25(37)21-6-4-5-20(15-21)17-30/h4-8,14-16,25,37H,3,9-13,18H2,1-2H3,(H,33,34)(H2,31,32,38)/t25-/m1/s1. The molecule has 0 amide bonds. The lowest BCUT2D eigenvalue weighted by Crippen LogP contribution is -2.46. The number of aliphatic hydroxyl groups is 1. The van der Waals surface area contributed by atoms with E-state index in [4.69, 9.17) is 10.2 Å². The summed E-state index contributed by atoms with van der Waals surface area (Å²) < 4.78 is 0. The van der Waals surface area contributed by atoms with E-state index < -0.39 is 6.10 Å². The highest BCUT2D eigenvalue weighted by molar-refractivity contribution is 5.87. The topological polar surface area (TPSA) is 124 Å². The summed E-state index contributed by atoms with van der Waals surface area (Å²) >= 11 is 0. The number of pyridine rings is 1. The van der Waals surface area contributed by atoms with Crippen LogP contribution in [-0.2, 0) is 0 Å². The fraction of sp³-hybridized carbons (Fsp3) is 0.345. The van der Waals surface area contributed by atoms with E-state index in [0.29, 0.717) is 28.2 Å². The summed E-state index contributed by atoms with van der Waals surface area (Å²) in [4.78, 5) is 28.7. The quantitative estimate of drug-likeness (QED) is 0.284. The number of fused-ring (bicyclic) bond motifs is 1. The number of nitrogens with one attached hydrogen (secondary N) is 3. The Labute approximate surface area is 221 Å². The number of aliphatic hydroxyl groups excluding tert-OH is 1. The molecule has 5 rings (SSSR count). The van der Waals surface area contributed by atoms with Crippen molar-refractivity contribution in [3.8, 4) is 17.5 Å². The molecule has 0 spiro atoms. The summed E-state index contributed by atoms with van der Waals surface area (Å²) in [5.41, 5.74) is 5.70. The fourth-order valence-electron chi connectivity index (χ4n) is 5.12. The number of aryl methyl sites for hydroxylation is 1. The van der Waals surface area contributed by atoms with Crippen molar-refractivity contribution >= 4 is 22.4 Å². The number of hydrogen-bond donors (Lipinski definition) is 4. The van der Waals surface area contributed by atoms with Gasteiger partial charge in [-0.1, -0.05) is 19.1 Å². The number of rotatable bonds is 8. The van der Waals surface area contributed by atoms with E-state index in [0.717, 1.165) is 55.0 Å². The van der Waals surface area contributed by atoms with Crippen LogP contribution in [-0.4, -0.2) is 64.2 Å². The summed E-state index contributed by atoms with van der Waals surface area (Å²) in [5, 5.41) is 23.0. The number of benzene rings is 2. The Morgan fingerprint density at radius 1 is 1.18 bits per heavy atom. The molecule has 3 heterocycles. The first kappa shape index (κ1) is 25.5. The predicted molar refractivity (Wildman–Crippen MR) is 150 cm³/mol. The van der Waals surface area contributed by atoms with Crippen molar-refractivity contribution in [3.63, 3.8) is 0 Å². The van der Waals surface area contributed by atoms with Crippen LogP contribution in [0.2, 0.25) is 0 Å². The minimum Gasteiger partial charge on any atom is -0.387 e. The van der Waals surface area contributed by atoms with Crippen LogP contribution in [0.4, 0.5) is 11.4 Å². The molecule has 2 aromatic carbocycles. The summed E-state index contributed by atoms with van der Waals surface area (Å²) in [5.74, 6) is 0.471. The van der Waals surface area contributed by atoms with E-state index in [-0.39, 0.29) is 12.1 Å². The molecule has 1 aliphatic rings. The highest BCUT2D eigenvalue weighted by Gasteiger charge is 2.20. The number of H-pyrrole nitrogens is 2. The van der Waals surface area contributed by atoms with Gasteiger partial charge in [0.2, 0.25) is 0 Å². The Hall–Kier alpha value is -4.13. The SMILES string of the molecule is CCCN1CCN(c2cc(C)c3nc(-c4c(NC[C@@H](O)c5cccc(C#N)c5)cc[nH]c4=O)[nH]c3c2)CC1. The van der Waals surface area contributed by atoms with Crippen LogP contribution in [0.25, 0.3) is 22.4 Å². The Morgan fingerprint density at radius 2 is 2.00 bits per heavy atom. The second-order valence-corrected chi connectivity index (χ2v) is 9.80. The smallest absolute Gasteiger partial charge is 0.261 e. The predicted octanol–water partition coefficient (Wildman–Crippen LogP) is 3.78. The molecule has 4 N–H and O–H groups in total. The molecule has 0 aliphatic carbocycles. The van der Waals surface area contributed by atoms with E-state index in [2.05, 4.69) is 50.2 Å². The zero-order valence-corrected chi connectivity index (χ0v) is 21.8. The number of piperazine rings is 1. The first-order valence-electron chi connectivity index (χ1n) is 13.1. The van der Waals surface area contributed by atoms with Gasteiger partial charge in [-0.15, -0.1) is 0 Å². The molecule has 0 bridgehead atoms. The van der Waals surface area contributed by atoms with Crippen LogP contribution in [0, 0.1) is 18.3 Å². The summed E-state index contributed by atoms with van der Waals surface area (Å²) in [6, 6.07) is 15.0. The van der Waals surface area contributed by atoms with Gasteiger partial charge in [-0.2, -0.15) is 5.26 Å². The van der Waals surface area contributed by atoms with Gasteiger partial charge >= 0.3 is 0 Å². The second kappa shape index (κ2) is 11.1. The fourth-order valence-corrected chi connectivity index (χ4v) is 5.12. The van der Waals surface area contributed by atoms with Gasteiger partial charge in [-0.05, 0) is 61.3 Å². The van der Waals surface area contributed by atoms with Crippen molar-refractivity contribution in [3.05, 3.63) is 75.7 Å². The minimum absolute atomic E-state index is 0.165. The molecule has 0 radical (unpaired) electrons. The monoisotopic (exact) mass is 511 g/mol. The number of anilines is 2. The van der Waals surface area contributed by atoms with Gasteiger partial charge in [0, 0.05) is 44.6 Å². The zero-order chi connectivity index (χ0) is 26.6. The van der Waals surface area contributed by atoms with Crippen LogP contribution in [0.3, 0.4) is 0 Å². The summed E-state index contributed by atoms with van der Waals surface area (Å²) in [6.07, 6.45) is 1.89. The van der Waals surface area contributed by atoms with Crippen LogP contribution in [0.5, 0.6) is 0 Å². The van der Waals surface area contributed by atoms with Crippen LogP contribution < -0.4 is 15.8 Å². The minimum atomic E-state index is -0.853. The maximum Gasteiger partial charge on any atom is 0.261 e. The third-order valence-corrected chi connectivity index (χ3v) is 7.12. The zero-order valence-electron chi connectivity index (χ0n) is 21.8. The molecule has 2 aromatic heterocycles. The molecule has 1 aliphatic heterocycles. The maximum atomic E-state index is 12.9. The lowest BCUT2D eigenvalue weighted by Gasteiger charge is -2.36. The second-order valence-electron chi connectivity index (χ2n) is 9.80. The van der Waals surface area contributed by atoms with Crippen LogP contribution >= 0.6 is 0 Å². The number of nitrogens with zero attached hydrogens (tertiary/aromatic N) is 4. The molecule has 9 heteroatoms. The number of aromatic amines is 2. The molecule has 4 aromatic rings. The average Bonchev–Trinajstić information content (AvgIpc) is 3.36. The highest BCUT2D eigenvalue weighted by atomic mass is 16.3. The van der Waals surface area contributed by atoms with Crippen molar-refractivity contribution in [2.24, 2.45) is 0 Å². The molecule has 0 unspecified atom stereocenters. The van der Waals surface area contributed by atoms with Crippen LogP contribution in [0.15, 0.2) is 53.5 Å². The number of imidazole rings is 1. The average molecular weight is 512 g/mol. The normalized spacial score (nSPS) is 14.9. The van der Waals surface area contributed by atoms with Crippen molar-refractivity contribution < 1.29 is 5.11 Å². The summed E-state index contributed by atoms with van der Waals surface area (Å²) in [6.45, 7) is 9.65. The molecule has 1 atom stereocenters. The molecule has 1 saturated heterocycles. The molecule has 196 valence electrons. The Morgan fingerprint density at radius 3 is 2.76 bits per heavy atom. The van der Waals surface area contributed by atoms with Crippen molar-refractivity contribution in [1.29, 1.82) is 5.26 Å². The van der Waals surface area contributed by atoms with E-state index in [9.17, 15) is 9.90 Å². The summed E-state index contributed by atoms with van der Waals surface area (Å²) in [7, 11) is 0. The molecular formula is C29H33N7O2. The van der Waals surface area contributed by atoms with Crippen molar-refractivity contribution in [1.82, 2.24) is 19.9 Å². The van der Waals surface area contributed by atoms with E-state index in [1.54, 1.807) is 36.5 Å². The maximum absolute atomic E-state index is 12.9. The van der Waals surface area contributed by atoms with Gasteiger partial charge in [0.15, 0.2) is 0 Å². The molecule has 9 nitrogen and oxygen atoms in total. The first-order valence-corrected chi connectivity index (χ1v) is 13.1. The van der Waals surface area contributed by atoms with Crippen molar-refractivity contribution in [2.45, 2.75) is 26.4 Å². The van der Waals surface area contributed by atoms with E-state index in [1.807, 2.05) is 6.92 Å². The van der Waals surface area contributed by atoms with Gasteiger partial charge < -0.3 is 25.3 Å². The van der Waals surface area contributed by atoms with E-state index >= 15 is 0 Å². The number of aromatic nitrogens is 3. The van der Waals surface area contributed by atoms with Gasteiger partial charge in [0.05, 0.1) is 34.5 Å². The van der Waals surface area contributed by atoms with Gasteiger partial charge in [0.1, 0.15) is 11.4 Å². The lowest BCUT2D eigenvalue weighted by molar-refractivity contribution is 0.191. The van der Waals surface area contributed by atoms with Gasteiger partial charge in [0.25, 0.3) is 5.56 Å². The lowest BCUT2D eigenvalue weighted by atomic mass is 10.1. The number of nitriles is 1. The Bertz CT molecular complexity index is 1530. The van der Waals surface area contributed by atoms with Gasteiger partial charge in [-0.25, -0.2) is 4.98 Å². The Balaban J connectivity index is 1.40. The van der Waals surface area contributed by atoms with Gasteiger partial charge in [-0.3, -0.25) is 9.69 Å². The third kappa shape index (κ3) is 5.28. The molecule has 38 heavy (non-hydrogen) atoms. The third-order valence-electron chi connectivity index (χ3n) is 7.12. The molecule has 0 saturated carbocycles.